The van der Waals surface area contributed by atoms with Gasteiger partial charge in [-0.25, -0.2) is 4.98 Å². The molecule has 0 aliphatic carbocycles. The van der Waals surface area contributed by atoms with E-state index in [1.165, 1.54) is 0 Å². The normalized spacial score (nSPS) is 20.1. The second-order valence-corrected chi connectivity index (χ2v) is 10.6. The van der Waals surface area contributed by atoms with Crippen molar-refractivity contribution in [3.05, 3.63) is 47.6 Å². The van der Waals surface area contributed by atoms with Gasteiger partial charge in [0.1, 0.15) is 10.1 Å². The number of methoxy groups -OCH3 is 1. The predicted molar refractivity (Wildman–Crippen MR) is 133 cm³/mol. The lowest BCUT2D eigenvalue weighted by Gasteiger charge is -2.37. The Bertz CT molecular complexity index is 1060. The van der Waals surface area contributed by atoms with Gasteiger partial charge in [-0.05, 0) is 61.6 Å². The third-order valence-electron chi connectivity index (χ3n) is 6.43. The van der Waals surface area contributed by atoms with Crippen molar-refractivity contribution in [3.63, 3.8) is 0 Å². The number of benzene rings is 1. The van der Waals surface area contributed by atoms with E-state index in [2.05, 4.69) is 14.9 Å². The van der Waals surface area contributed by atoms with E-state index >= 15 is 0 Å². The molecule has 1 aliphatic rings. The summed E-state index contributed by atoms with van der Waals surface area (Å²) in [6.45, 7) is 2.41. The Morgan fingerprint density at radius 3 is 3.00 bits per heavy atom. The summed E-state index contributed by atoms with van der Waals surface area (Å²) in [5, 5.41) is 12.9. The number of thioether (sulfide) groups is 1. The van der Waals surface area contributed by atoms with E-state index in [1.807, 2.05) is 35.8 Å². The van der Waals surface area contributed by atoms with Crippen molar-refractivity contribution in [2.24, 2.45) is 17.6 Å². The van der Waals surface area contributed by atoms with Crippen LogP contribution in [0.1, 0.15) is 30.9 Å². The zero-order chi connectivity index (χ0) is 23.2. The van der Waals surface area contributed by atoms with E-state index in [4.69, 9.17) is 10.5 Å². The van der Waals surface area contributed by atoms with Crippen LogP contribution in [0.2, 0.25) is 0 Å². The van der Waals surface area contributed by atoms with Gasteiger partial charge in [0, 0.05) is 48.0 Å². The largest absolute Gasteiger partial charge is 0.497 e. The first kappa shape index (κ1) is 23.9. The minimum atomic E-state index is -0.704. The number of likely N-dealkylation sites (tertiary alicyclic amines) is 1. The average Bonchev–Trinajstić information content (AvgIpc) is 3.35. The van der Waals surface area contributed by atoms with Crippen molar-refractivity contribution >= 4 is 40.0 Å². The van der Waals surface area contributed by atoms with E-state index in [0.717, 1.165) is 64.7 Å². The number of aliphatic carboxylic acids is 1. The second kappa shape index (κ2) is 11.3. The maximum atomic E-state index is 12.0. The molecule has 2 aromatic heterocycles. The molecule has 1 aliphatic heterocycles. The van der Waals surface area contributed by atoms with E-state index in [0.29, 0.717) is 6.54 Å². The molecule has 0 bridgehead atoms. The Kier molecular flexibility index (Phi) is 8.19. The molecule has 33 heavy (non-hydrogen) atoms. The van der Waals surface area contributed by atoms with Gasteiger partial charge in [0.2, 0.25) is 0 Å². The highest BCUT2D eigenvalue weighted by Gasteiger charge is 2.34. The molecule has 1 fully saturated rings. The summed E-state index contributed by atoms with van der Waals surface area (Å²) in [5.74, 6) is 0.776. The van der Waals surface area contributed by atoms with Crippen molar-refractivity contribution in [3.8, 4) is 5.75 Å². The molecule has 3 aromatic rings. The van der Waals surface area contributed by atoms with Gasteiger partial charge in [0.15, 0.2) is 0 Å². The zero-order valence-corrected chi connectivity index (χ0v) is 20.4. The molecular formula is C24H30N4O3S2. The molecule has 0 saturated carbocycles. The first-order chi connectivity index (χ1) is 16.0. The van der Waals surface area contributed by atoms with E-state index in [9.17, 15) is 9.90 Å². The number of thiazole rings is 1. The summed E-state index contributed by atoms with van der Waals surface area (Å²) in [5.41, 5.74) is 8.51. The summed E-state index contributed by atoms with van der Waals surface area (Å²) in [7, 11) is 1.65. The molecule has 0 radical (unpaired) electrons. The van der Waals surface area contributed by atoms with Gasteiger partial charge in [-0.3, -0.25) is 9.78 Å². The molecule has 1 saturated heterocycles. The third kappa shape index (κ3) is 6.03. The quantitative estimate of drug-likeness (QED) is 0.409. The maximum Gasteiger partial charge on any atom is 0.308 e. The summed E-state index contributed by atoms with van der Waals surface area (Å²) >= 11 is 3.38. The van der Waals surface area contributed by atoms with Crippen LogP contribution in [0.5, 0.6) is 5.75 Å². The Labute approximate surface area is 202 Å². The van der Waals surface area contributed by atoms with Gasteiger partial charge in [-0.15, -0.1) is 11.3 Å². The molecule has 176 valence electrons. The van der Waals surface area contributed by atoms with E-state index < -0.39 is 5.97 Å². The van der Waals surface area contributed by atoms with Crippen LogP contribution >= 0.6 is 23.1 Å². The SMILES string of the molecule is COc1ccc2nccc([C@H](N)CC[C@@H]3CCN(CCSc4nccs4)C[C@@H]3C(=O)O)c2c1. The van der Waals surface area contributed by atoms with Gasteiger partial charge >= 0.3 is 5.97 Å². The molecule has 0 unspecified atom stereocenters. The minimum absolute atomic E-state index is 0.138. The fourth-order valence-electron chi connectivity index (χ4n) is 4.59. The first-order valence-electron chi connectivity index (χ1n) is 11.2. The molecular weight excluding hydrogens is 456 g/mol. The molecule has 3 heterocycles. The van der Waals surface area contributed by atoms with Crippen LogP contribution in [-0.2, 0) is 4.79 Å². The lowest BCUT2D eigenvalue weighted by Crippen LogP contribution is -2.44. The number of rotatable bonds is 10. The summed E-state index contributed by atoms with van der Waals surface area (Å²) < 4.78 is 6.43. The molecule has 4 rings (SSSR count). The van der Waals surface area contributed by atoms with Crippen LogP contribution in [0.4, 0.5) is 0 Å². The van der Waals surface area contributed by atoms with Gasteiger partial charge in [0.05, 0.1) is 18.5 Å². The molecule has 0 amide bonds. The molecule has 0 spiro atoms. The molecule has 7 nitrogen and oxygen atoms in total. The Morgan fingerprint density at radius 1 is 1.36 bits per heavy atom. The Morgan fingerprint density at radius 2 is 2.24 bits per heavy atom. The number of carbonyl (C=O) groups is 1. The highest BCUT2D eigenvalue weighted by Crippen LogP contribution is 2.33. The van der Waals surface area contributed by atoms with Crippen molar-refractivity contribution in [1.82, 2.24) is 14.9 Å². The van der Waals surface area contributed by atoms with Gasteiger partial charge in [-0.2, -0.15) is 0 Å². The van der Waals surface area contributed by atoms with Crippen LogP contribution in [0, 0.1) is 11.8 Å². The number of piperidine rings is 1. The predicted octanol–water partition coefficient (Wildman–Crippen LogP) is 4.29. The number of carboxylic acids is 1. The number of nitrogens with two attached hydrogens (primary N) is 1. The van der Waals surface area contributed by atoms with Crippen molar-refractivity contribution in [1.29, 1.82) is 0 Å². The smallest absolute Gasteiger partial charge is 0.308 e. The van der Waals surface area contributed by atoms with Crippen LogP contribution in [0.15, 0.2) is 46.4 Å². The molecule has 3 atom stereocenters. The Hall–Kier alpha value is -2.20. The number of hydrogen-bond donors (Lipinski definition) is 2. The van der Waals surface area contributed by atoms with Gasteiger partial charge in [0.25, 0.3) is 0 Å². The number of pyridine rings is 1. The number of nitrogens with zero attached hydrogens (tertiary/aromatic N) is 3. The number of fused-ring (bicyclic) bond motifs is 1. The van der Waals surface area contributed by atoms with Crippen molar-refractivity contribution in [2.45, 2.75) is 29.6 Å². The number of hydrogen-bond acceptors (Lipinski definition) is 8. The summed E-state index contributed by atoms with van der Waals surface area (Å²) in [6, 6.07) is 7.59. The average molecular weight is 487 g/mol. The lowest BCUT2D eigenvalue weighted by molar-refractivity contribution is -0.146. The van der Waals surface area contributed by atoms with Crippen molar-refractivity contribution < 1.29 is 14.6 Å². The highest BCUT2D eigenvalue weighted by molar-refractivity contribution is 8.01. The Balaban J connectivity index is 1.34. The third-order valence-corrected chi connectivity index (χ3v) is 8.38. The van der Waals surface area contributed by atoms with E-state index in [1.54, 1.807) is 36.4 Å². The summed E-state index contributed by atoms with van der Waals surface area (Å²) in [4.78, 5) is 23.0. The lowest BCUT2D eigenvalue weighted by atomic mass is 9.81. The van der Waals surface area contributed by atoms with Crippen LogP contribution in [0.25, 0.3) is 10.9 Å². The number of carboxylic acid groups (broad SMARTS) is 1. The maximum absolute atomic E-state index is 12.0. The first-order valence-corrected chi connectivity index (χ1v) is 13.1. The molecule has 9 heteroatoms. The molecule has 3 N–H and O–H groups in total. The molecule has 1 aromatic carbocycles. The summed E-state index contributed by atoms with van der Waals surface area (Å²) in [6.07, 6.45) is 6.02. The minimum Gasteiger partial charge on any atom is -0.497 e. The topological polar surface area (TPSA) is 102 Å². The highest BCUT2D eigenvalue weighted by atomic mass is 32.2. The van der Waals surface area contributed by atoms with Crippen LogP contribution in [0.3, 0.4) is 0 Å². The van der Waals surface area contributed by atoms with Gasteiger partial charge in [-0.1, -0.05) is 11.8 Å². The fraction of sp³-hybridized carbons (Fsp3) is 0.458. The zero-order valence-electron chi connectivity index (χ0n) is 18.7. The van der Waals surface area contributed by atoms with Gasteiger partial charge < -0.3 is 20.5 Å². The number of ether oxygens (including phenoxy) is 1. The van der Waals surface area contributed by atoms with Crippen LogP contribution in [-0.4, -0.2) is 58.4 Å². The number of aromatic nitrogens is 2. The standard InChI is InChI=1S/C24H30N4O3S2/c1-31-17-3-5-22-19(14-17)18(6-8-26-22)21(25)4-2-16-7-10-28(15-20(16)23(29)30)11-13-33-24-27-9-12-32-24/h3,5-6,8-9,12,14,16,20-21H,2,4,7,10-11,13,15,25H2,1H3,(H,29,30)/t16-,20+,21-/m1/s1. The van der Waals surface area contributed by atoms with Crippen molar-refractivity contribution in [2.75, 3.05) is 32.5 Å². The monoisotopic (exact) mass is 486 g/mol. The van der Waals surface area contributed by atoms with E-state index in [-0.39, 0.29) is 17.9 Å². The fourth-order valence-corrected chi connectivity index (χ4v) is 6.29. The second-order valence-electron chi connectivity index (χ2n) is 8.41. The van der Waals surface area contributed by atoms with Crippen LogP contribution < -0.4 is 10.5 Å².